The summed E-state index contributed by atoms with van der Waals surface area (Å²) < 4.78 is 21.1. The van der Waals surface area contributed by atoms with Gasteiger partial charge in [0.15, 0.2) is 0 Å². The predicted molar refractivity (Wildman–Crippen MR) is 193 cm³/mol. The quantitative estimate of drug-likeness (QED) is 0.187. The summed E-state index contributed by atoms with van der Waals surface area (Å²) in [5.74, 6) is 2.49. The van der Waals surface area contributed by atoms with Gasteiger partial charge in [-0.1, -0.05) is 62.4 Å². The van der Waals surface area contributed by atoms with Crippen LogP contribution in [0.4, 0.5) is 0 Å². The van der Waals surface area contributed by atoms with E-state index in [0.29, 0.717) is 25.5 Å². The van der Waals surface area contributed by atoms with Crippen molar-refractivity contribution in [3.63, 3.8) is 0 Å². The molecule has 2 aliphatic heterocycles. The maximum atomic E-state index is 6.61. The van der Waals surface area contributed by atoms with E-state index in [4.69, 9.17) is 24.2 Å². The van der Waals surface area contributed by atoms with Crippen LogP contribution < -0.4 is 9.47 Å². The van der Waals surface area contributed by atoms with Crippen molar-refractivity contribution in [2.75, 3.05) is 13.2 Å². The number of fused-ring (bicyclic) bond motifs is 7. The minimum Gasteiger partial charge on any atom is -0.493 e. The summed E-state index contributed by atoms with van der Waals surface area (Å²) in [6, 6.07) is 29.5. The first-order valence-corrected chi connectivity index (χ1v) is 17.1. The van der Waals surface area contributed by atoms with E-state index in [0.717, 1.165) is 88.5 Å². The molecule has 1 saturated heterocycles. The van der Waals surface area contributed by atoms with Gasteiger partial charge in [-0.15, -0.1) is 0 Å². The number of nitrogens with zero attached hydrogens (tertiary/aromatic N) is 4. The SMILES string of the molecule is CC.Cc1ccc2nc(Cc3ccc4cc3OCCCc3cc(-c5cccnc5)ccc3COc3cccc-4n3)n(CC3CCO3)c2c1.[HH]. The molecule has 0 saturated carbocycles. The number of imidazole rings is 1. The molecule has 8 rings (SSSR count). The molecule has 3 aromatic carbocycles. The van der Waals surface area contributed by atoms with Gasteiger partial charge in [-0.05, 0) is 84.3 Å². The van der Waals surface area contributed by atoms with Gasteiger partial charge in [0.1, 0.15) is 18.2 Å². The molecule has 0 spiro atoms. The van der Waals surface area contributed by atoms with Crippen LogP contribution in [0.5, 0.6) is 11.6 Å². The van der Waals surface area contributed by atoms with E-state index in [1.54, 1.807) is 6.20 Å². The van der Waals surface area contributed by atoms with E-state index < -0.39 is 0 Å². The Kier molecular flexibility index (Phi) is 9.48. The van der Waals surface area contributed by atoms with Crippen LogP contribution >= 0.6 is 0 Å². The Morgan fingerprint density at radius 2 is 1.73 bits per heavy atom. The van der Waals surface area contributed by atoms with Crippen LogP contribution in [0.3, 0.4) is 0 Å². The topological polar surface area (TPSA) is 71.3 Å². The number of ether oxygens (including phenoxy) is 3. The molecule has 246 valence electrons. The first kappa shape index (κ1) is 31.6. The van der Waals surface area contributed by atoms with Crippen molar-refractivity contribution in [2.45, 2.75) is 65.7 Å². The van der Waals surface area contributed by atoms with Crippen molar-refractivity contribution in [1.82, 2.24) is 19.5 Å². The normalized spacial score (nSPS) is 15.5. The highest BCUT2D eigenvalue weighted by molar-refractivity contribution is 5.77. The second-order valence-corrected chi connectivity index (χ2v) is 12.2. The van der Waals surface area contributed by atoms with E-state index in [9.17, 15) is 0 Å². The number of hydrogen-bond donors (Lipinski definition) is 0. The maximum absolute atomic E-state index is 6.61. The lowest BCUT2D eigenvalue weighted by Crippen LogP contribution is -2.31. The Morgan fingerprint density at radius 3 is 2.56 bits per heavy atom. The average molecular weight is 641 g/mol. The van der Waals surface area contributed by atoms with Gasteiger partial charge in [0.2, 0.25) is 5.88 Å². The van der Waals surface area contributed by atoms with Gasteiger partial charge in [-0.3, -0.25) is 4.98 Å². The van der Waals surface area contributed by atoms with Crippen molar-refractivity contribution in [3.05, 3.63) is 125 Å². The van der Waals surface area contributed by atoms with Gasteiger partial charge in [0.25, 0.3) is 0 Å². The van der Waals surface area contributed by atoms with Crippen LogP contribution in [0.1, 0.15) is 56.2 Å². The van der Waals surface area contributed by atoms with E-state index in [1.165, 1.54) is 11.1 Å². The second-order valence-electron chi connectivity index (χ2n) is 12.2. The van der Waals surface area contributed by atoms with Gasteiger partial charge >= 0.3 is 0 Å². The summed E-state index contributed by atoms with van der Waals surface area (Å²) in [4.78, 5) is 14.3. The van der Waals surface area contributed by atoms with Crippen LogP contribution in [0.15, 0.2) is 97.3 Å². The van der Waals surface area contributed by atoms with Gasteiger partial charge in [-0.2, -0.15) is 0 Å². The Labute approximate surface area is 284 Å². The van der Waals surface area contributed by atoms with Crippen LogP contribution in [-0.2, 0) is 30.7 Å². The smallest absolute Gasteiger partial charge is 0.214 e. The molecule has 5 heterocycles. The van der Waals surface area contributed by atoms with Crippen LogP contribution in [0, 0.1) is 6.92 Å². The molecule has 0 amide bonds. The highest BCUT2D eigenvalue weighted by atomic mass is 16.5. The zero-order valence-corrected chi connectivity index (χ0v) is 28.0. The van der Waals surface area contributed by atoms with Crippen LogP contribution in [-0.4, -0.2) is 38.8 Å². The number of aromatic nitrogens is 4. The average Bonchev–Trinajstić information content (AvgIpc) is 3.44. The fraction of sp³-hybridized carbons (Fsp3) is 0.293. The molecule has 2 aliphatic rings. The number of hydrogen-bond acceptors (Lipinski definition) is 6. The Hall–Kier alpha value is -5.01. The van der Waals surface area contributed by atoms with Crippen molar-refractivity contribution < 1.29 is 15.6 Å². The molecule has 6 aromatic rings. The molecule has 7 nitrogen and oxygen atoms in total. The lowest BCUT2D eigenvalue weighted by molar-refractivity contribution is -0.0589. The highest BCUT2D eigenvalue weighted by Gasteiger charge is 2.23. The van der Waals surface area contributed by atoms with Crippen LogP contribution in [0.2, 0.25) is 0 Å². The van der Waals surface area contributed by atoms with Gasteiger partial charge < -0.3 is 18.8 Å². The molecule has 0 aliphatic carbocycles. The van der Waals surface area contributed by atoms with Crippen molar-refractivity contribution in [1.29, 1.82) is 0 Å². The van der Waals surface area contributed by atoms with E-state index in [-0.39, 0.29) is 7.53 Å². The lowest BCUT2D eigenvalue weighted by atomic mass is 9.97. The number of pyridine rings is 2. The minimum atomic E-state index is 0. The molecule has 48 heavy (non-hydrogen) atoms. The lowest BCUT2D eigenvalue weighted by Gasteiger charge is -2.27. The van der Waals surface area contributed by atoms with Crippen molar-refractivity contribution in [3.8, 4) is 34.0 Å². The molecule has 1 atom stereocenters. The number of rotatable bonds is 5. The molecular formula is C41H44N4O3. The zero-order chi connectivity index (χ0) is 32.9. The second kappa shape index (κ2) is 14.4. The standard InChI is InChI=1S/C39H36N4O3.C2H6.H2/c1-26-9-14-35-36(19-26)43(24-33-15-18-44-33)38(41-35)22-30-12-11-29-21-37(30)45-17-4-6-27-20-28(31-5-3-16-40-23-31)10-13-32(27)25-46-39-8-2-7-34(29)42-39;1-2;/h2-3,5,7-14,16,19-21,23,33H,4,6,15,17-18,22,24-25H2,1H3;1-2H3;1H. The maximum Gasteiger partial charge on any atom is 0.214 e. The summed E-state index contributed by atoms with van der Waals surface area (Å²) in [6.45, 7) is 8.82. The van der Waals surface area contributed by atoms with Gasteiger partial charge in [0, 0.05) is 44.0 Å². The van der Waals surface area contributed by atoms with E-state index in [1.807, 2.05) is 44.3 Å². The van der Waals surface area contributed by atoms with Gasteiger partial charge in [-0.25, -0.2) is 9.97 Å². The summed E-state index contributed by atoms with van der Waals surface area (Å²) in [5.41, 5.74) is 11.0. The van der Waals surface area contributed by atoms with E-state index >= 15 is 0 Å². The van der Waals surface area contributed by atoms with E-state index in [2.05, 4.69) is 77.1 Å². The number of benzene rings is 3. The zero-order valence-electron chi connectivity index (χ0n) is 28.0. The molecule has 0 radical (unpaired) electrons. The fourth-order valence-corrected chi connectivity index (χ4v) is 6.38. The highest BCUT2D eigenvalue weighted by Crippen LogP contribution is 2.32. The third-order valence-electron chi connectivity index (χ3n) is 9.02. The van der Waals surface area contributed by atoms with Gasteiger partial charge in [0.05, 0.1) is 36.0 Å². The fourth-order valence-electron chi connectivity index (χ4n) is 6.38. The Morgan fingerprint density at radius 1 is 0.833 bits per heavy atom. The van der Waals surface area contributed by atoms with Crippen molar-refractivity contribution >= 4 is 11.0 Å². The molecule has 1 unspecified atom stereocenters. The largest absolute Gasteiger partial charge is 0.493 e. The minimum absolute atomic E-state index is 0. The summed E-state index contributed by atoms with van der Waals surface area (Å²) in [7, 11) is 0. The Bertz CT molecular complexity index is 2020. The van der Waals surface area contributed by atoms with Crippen LogP contribution in [0.25, 0.3) is 33.4 Å². The third-order valence-corrected chi connectivity index (χ3v) is 9.02. The summed E-state index contributed by atoms with van der Waals surface area (Å²) in [6.07, 6.45) is 7.41. The predicted octanol–water partition coefficient (Wildman–Crippen LogP) is 9.02. The molecule has 3 aromatic heterocycles. The Balaban J connectivity index is 0.00000136. The molecule has 0 N–H and O–H groups in total. The summed E-state index contributed by atoms with van der Waals surface area (Å²) >= 11 is 0. The third kappa shape index (κ3) is 6.83. The molecule has 1 fully saturated rings. The first-order valence-electron chi connectivity index (χ1n) is 17.1. The molecule has 4 bridgehead atoms. The number of aryl methyl sites for hydroxylation is 2. The van der Waals surface area contributed by atoms with Crippen molar-refractivity contribution in [2.24, 2.45) is 0 Å². The molecular weight excluding hydrogens is 596 g/mol. The molecule has 7 heteroatoms. The first-order chi connectivity index (χ1) is 23.7. The summed E-state index contributed by atoms with van der Waals surface area (Å²) in [5, 5.41) is 0. The monoisotopic (exact) mass is 640 g/mol.